The Morgan fingerprint density at radius 1 is 0.952 bits per heavy atom. The number of nitrogens with zero attached hydrogens (tertiary/aromatic N) is 1. The van der Waals surface area contributed by atoms with Gasteiger partial charge in [-0.1, -0.05) is 30.3 Å². The molecule has 0 saturated heterocycles. The second kappa shape index (κ2) is 5.45. The largest absolute Gasteiger partial charge is 0.255 e. The van der Waals surface area contributed by atoms with Crippen LogP contribution >= 0.6 is 0 Å². The van der Waals surface area contributed by atoms with E-state index in [0.29, 0.717) is 0 Å². The summed E-state index contributed by atoms with van der Waals surface area (Å²) < 4.78 is 23.0. The monoisotopic (exact) mass is 299 g/mol. The molecule has 0 bridgehead atoms. The number of aromatic nitrogens is 1. The van der Waals surface area contributed by atoms with Crippen molar-refractivity contribution in [3.05, 3.63) is 59.9 Å². The smallest absolute Gasteiger partial charge is 0.177 e. The van der Waals surface area contributed by atoms with Crippen LogP contribution in [0.3, 0.4) is 0 Å². The predicted molar refractivity (Wildman–Crippen MR) is 84.5 cm³/mol. The fourth-order valence-electron chi connectivity index (χ4n) is 2.76. The lowest BCUT2D eigenvalue weighted by Crippen LogP contribution is -1.99. The van der Waals surface area contributed by atoms with Crippen LogP contribution in [0.2, 0.25) is 0 Å². The Hall–Kier alpha value is -1.94. The van der Waals surface area contributed by atoms with Gasteiger partial charge in [0.25, 0.3) is 0 Å². The van der Waals surface area contributed by atoms with E-state index in [1.54, 1.807) is 6.07 Å². The zero-order valence-electron chi connectivity index (χ0n) is 11.9. The fraction of sp³-hybridized carbons (Fsp3) is 0.235. The summed E-state index contributed by atoms with van der Waals surface area (Å²) in [6.45, 7) is 0. The minimum atomic E-state index is -3.19. The third kappa shape index (κ3) is 2.90. The van der Waals surface area contributed by atoms with Crippen molar-refractivity contribution in [2.45, 2.75) is 24.2 Å². The number of rotatable bonds is 3. The summed E-state index contributed by atoms with van der Waals surface area (Å²) in [5.74, 6) is 0. The van der Waals surface area contributed by atoms with Gasteiger partial charge >= 0.3 is 0 Å². The minimum absolute atomic E-state index is 0.270. The van der Waals surface area contributed by atoms with Crippen LogP contribution in [0.4, 0.5) is 0 Å². The number of hydrogen-bond acceptors (Lipinski definition) is 3. The van der Waals surface area contributed by atoms with Crippen LogP contribution in [0.5, 0.6) is 0 Å². The van der Waals surface area contributed by atoms with Gasteiger partial charge < -0.3 is 0 Å². The van der Waals surface area contributed by atoms with Crippen molar-refractivity contribution in [3.63, 3.8) is 0 Å². The summed E-state index contributed by atoms with van der Waals surface area (Å²) in [6.07, 6.45) is 5.83. The molecule has 108 valence electrons. The SMILES string of the molecule is CS(=O)(=O)c1ccc(C2=C(c3ccccc3)CCC2)nc1. The molecule has 3 nitrogen and oxygen atoms in total. The zero-order valence-corrected chi connectivity index (χ0v) is 12.7. The highest BCUT2D eigenvalue weighted by Crippen LogP contribution is 2.38. The summed E-state index contributed by atoms with van der Waals surface area (Å²) >= 11 is 0. The van der Waals surface area contributed by atoms with E-state index in [0.717, 1.165) is 25.0 Å². The highest BCUT2D eigenvalue weighted by atomic mass is 32.2. The molecule has 0 atom stereocenters. The van der Waals surface area contributed by atoms with Gasteiger partial charge in [-0.05, 0) is 48.1 Å². The van der Waals surface area contributed by atoms with Gasteiger partial charge in [-0.25, -0.2) is 8.42 Å². The van der Waals surface area contributed by atoms with Gasteiger partial charge in [0, 0.05) is 12.5 Å². The molecule has 1 aromatic heterocycles. The molecule has 1 aromatic carbocycles. The van der Waals surface area contributed by atoms with Crippen molar-refractivity contribution < 1.29 is 8.42 Å². The highest BCUT2D eigenvalue weighted by Gasteiger charge is 2.19. The Bertz CT molecular complexity index is 775. The predicted octanol–water partition coefficient (Wildman–Crippen LogP) is 3.58. The Labute approximate surface area is 125 Å². The molecule has 0 amide bonds. The number of benzene rings is 1. The van der Waals surface area contributed by atoms with Crippen LogP contribution in [0.25, 0.3) is 11.1 Å². The molecule has 0 N–H and O–H groups in total. The van der Waals surface area contributed by atoms with Gasteiger partial charge in [-0.3, -0.25) is 4.98 Å². The van der Waals surface area contributed by atoms with E-state index in [9.17, 15) is 8.42 Å². The zero-order chi connectivity index (χ0) is 14.9. The summed E-state index contributed by atoms with van der Waals surface area (Å²) in [5.41, 5.74) is 4.69. The van der Waals surface area contributed by atoms with E-state index in [1.165, 1.54) is 29.2 Å². The summed E-state index contributed by atoms with van der Waals surface area (Å²) in [7, 11) is -3.19. The van der Waals surface area contributed by atoms with Crippen molar-refractivity contribution in [1.29, 1.82) is 0 Å². The van der Waals surface area contributed by atoms with E-state index in [-0.39, 0.29) is 4.90 Å². The molecular formula is C17H17NO2S. The Kier molecular flexibility index (Phi) is 3.64. The second-order valence-electron chi connectivity index (χ2n) is 5.33. The molecule has 2 aromatic rings. The van der Waals surface area contributed by atoms with Crippen LogP contribution in [0, 0.1) is 0 Å². The average molecular weight is 299 g/mol. The standard InChI is InChI=1S/C17H17NO2S/c1-21(19,20)14-10-11-17(18-12-14)16-9-5-8-15(16)13-6-3-2-4-7-13/h2-4,6-7,10-12H,5,8-9H2,1H3. The number of sulfone groups is 1. The Balaban J connectivity index is 2.03. The first-order valence-electron chi connectivity index (χ1n) is 6.99. The molecule has 4 heteroatoms. The van der Waals surface area contributed by atoms with E-state index in [4.69, 9.17) is 0 Å². The van der Waals surface area contributed by atoms with E-state index in [2.05, 4.69) is 17.1 Å². The highest BCUT2D eigenvalue weighted by molar-refractivity contribution is 7.90. The third-order valence-corrected chi connectivity index (χ3v) is 4.91. The van der Waals surface area contributed by atoms with Crippen LogP contribution in [0.15, 0.2) is 53.6 Å². The molecule has 0 saturated carbocycles. The molecule has 0 aliphatic heterocycles. The lowest BCUT2D eigenvalue weighted by atomic mass is 10.0. The molecule has 1 heterocycles. The van der Waals surface area contributed by atoms with Gasteiger partial charge in [-0.2, -0.15) is 0 Å². The van der Waals surface area contributed by atoms with E-state index in [1.807, 2.05) is 24.3 Å². The first-order chi connectivity index (χ1) is 10.1. The molecule has 0 radical (unpaired) electrons. The third-order valence-electron chi connectivity index (χ3n) is 3.81. The van der Waals surface area contributed by atoms with Gasteiger partial charge in [0.15, 0.2) is 9.84 Å². The molecule has 0 fully saturated rings. The Morgan fingerprint density at radius 3 is 2.29 bits per heavy atom. The minimum Gasteiger partial charge on any atom is -0.255 e. The number of pyridine rings is 1. The van der Waals surface area contributed by atoms with E-state index < -0.39 is 9.84 Å². The maximum absolute atomic E-state index is 11.5. The van der Waals surface area contributed by atoms with Crippen LogP contribution in [0.1, 0.15) is 30.5 Å². The topological polar surface area (TPSA) is 47.0 Å². The molecule has 3 rings (SSSR count). The van der Waals surface area contributed by atoms with Gasteiger partial charge in [0.2, 0.25) is 0 Å². The number of hydrogen-bond donors (Lipinski definition) is 0. The van der Waals surface area contributed by atoms with Crippen molar-refractivity contribution >= 4 is 21.0 Å². The Morgan fingerprint density at radius 2 is 1.67 bits per heavy atom. The van der Waals surface area contributed by atoms with Gasteiger partial charge in [0.05, 0.1) is 10.6 Å². The summed E-state index contributed by atoms with van der Waals surface area (Å²) in [6, 6.07) is 13.8. The van der Waals surface area contributed by atoms with Gasteiger partial charge in [-0.15, -0.1) is 0 Å². The molecule has 21 heavy (non-hydrogen) atoms. The average Bonchev–Trinajstić information content (AvgIpc) is 2.97. The molecule has 1 aliphatic rings. The van der Waals surface area contributed by atoms with Crippen molar-refractivity contribution in [2.75, 3.05) is 6.26 Å². The molecule has 0 spiro atoms. The maximum Gasteiger partial charge on any atom is 0.177 e. The summed E-state index contributed by atoms with van der Waals surface area (Å²) in [5, 5.41) is 0. The van der Waals surface area contributed by atoms with Crippen molar-refractivity contribution in [3.8, 4) is 0 Å². The maximum atomic E-state index is 11.5. The molecule has 0 unspecified atom stereocenters. The lowest BCUT2D eigenvalue weighted by Gasteiger charge is -2.08. The van der Waals surface area contributed by atoms with E-state index >= 15 is 0 Å². The van der Waals surface area contributed by atoms with Crippen molar-refractivity contribution in [1.82, 2.24) is 4.98 Å². The van der Waals surface area contributed by atoms with Crippen molar-refractivity contribution in [2.24, 2.45) is 0 Å². The van der Waals surface area contributed by atoms with Crippen LogP contribution < -0.4 is 0 Å². The lowest BCUT2D eigenvalue weighted by molar-refractivity contribution is 0.601. The summed E-state index contributed by atoms with van der Waals surface area (Å²) in [4.78, 5) is 4.64. The normalized spacial score (nSPS) is 15.5. The first kappa shape index (κ1) is 14.0. The number of allylic oxidation sites excluding steroid dienone is 2. The molecular weight excluding hydrogens is 282 g/mol. The van der Waals surface area contributed by atoms with Gasteiger partial charge in [0.1, 0.15) is 0 Å². The van der Waals surface area contributed by atoms with Crippen LogP contribution in [-0.2, 0) is 9.84 Å². The molecule has 1 aliphatic carbocycles. The van der Waals surface area contributed by atoms with Crippen LogP contribution in [-0.4, -0.2) is 19.7 Å². The second-order valence-corrected chi connectivity index (χ2v) is 7.34. The first-order valence-corrected chi connectivity index (χ1v) is 8.89. The quantitative estimate of drug-likeness (QED) is 0.870. The fourth-order valence-corrected chi connectivity index (χ4v) is 3.32.